The minimum Gasteiger partial charge on any atom is -0.507 e. The Kier molecular flexibility index (Phi) is 8.09. The molecule has 34 heavy (non-hydrogen) atoms. The fraction of sp³-hybridized carbons (Fsp3) is 0.500. The van der Waals surface area contributed by atoms with E-state index in [9.17, 15) is 14.7 Å². The van der Waals surface area contributed by atoms with Crippen molar-refractivity contribution in [3.63, 3.8) is 0 Å². The Hall–Kier alpha value is -3.02. The lowest BCUT2D eigenvalue weighted by atomic mass is 9.83. The zero-order chi connectivity index (χ0) is 23.9. The number of nitrogens with one attached hydrogen (secondary N) is 1. The first-order valence-corrected chi connectivity index (χ1v) is 12.7. The molecule has 182 valence electrons. The van der Waals surface area contributed by atoms with Crippen LogP contribution < -0.4 is 10.2 Å². The normalized spacial score (nSPS) is 17.8. The molecule has 1 aliphatic carbocycles. The molecule has 1 heterocycles. The first-order chi connectivity index (χ1) is 16.5. The van der Waals surface area contributed by atoms with Gasteiger partial charge in [-0.1, -0.05) is 56.4 Å². The highest BCUT2D eigenvalue weighted by molar-refractivity contribution is 5.91. The predicted octanol–water partition coefficient (Wildman–Crippen LogP) is 5.45. The second-order valence-corrected chi connectivity index (χ2v) is 9.80. The van der Waals surface area contributed by atoms with Crippen molar-refractivity contribution in [1.82, 2.24) is 5.32 Å². The molecule has 0 radical (unpaired) electrons. The summed E-state index contributed by atoms with van der Waals surface area (Å²) in [6, 6.07) is 12.7. The van der Waals surface area contributed by atoms with Gasteiger partial charge >= 0.3 is 5.97 Å². The zero-order valence-corrected chi connectivity index (χ0v) is 19.8. The van der Waals surface area contributed by atoms with Crippen molar-refractivity contribution in [2.75, 3.05) is 18.0 Å². The van der Waals surface area contributed by atoms with Gasteiger partial charge in [0.05, 0.1) is 12.5 Å². The van der Waals surface area contributed by atoms with Gasteiger partial charge in [0.2, 0.25) is 5.91 Å². The quantitative estimate of drug-likeness (QED) is 0.483. The van der Waals surface area contributed by atoms with E-state index in [0.717, 1.165) is 19.5 Å². The summed E-state index contributed by atoms with van der Waals surface area (Å²) in [5.41, 5.74) is 2.86. The van der Waals surface area contributed by atoms with E-state index in [1.165, 1.54) is 74.8 Å². The predicted molar refractivity (Wildman–Crippen MR) is 133 cm³/mol. The van der Waals surface area contributed by atoms with E-state index in [1.54, 1.807) is 6.07 Å². The van der Waals surface area contributed by atoms with Crippen LogP contribution in [0.25, 0.3) is 0 Å². The average Bonchev–Trinajstić information content (AvgIpc) is 2.84. The molecule has 0 spiro atoms. The summed E-state index contributed by atoms with van der Waals surface area (Å²) in [6.07, 6.45) is 10.9. The molecule has 1 unspecified atom stereocenters. The topological polar surface area (TPSA) is 89.9 Å². The fourth-order valence-corrected chi connectivity index (χ4v) is 5.52. The number of rotatable bonds is 8. The van der Waals surface area contributed by atoms with Crippen LogP contribution in [0.3, 0.4) is 0 Å². The van der Waals surface area contributed by atoms with Gasteiger partial charge in [-0.15, -0.1) is 0 Å². The van der Waals surface area contributed by atoms with Gasteiger partial charge in [0, 0.05) is 18.8 Å². The largest absolute Gasteiger partial charge is 0.507 e. The maximum absolute atomic E-state index is 13.1. The van der Waals surface area contributed by atoms with E-state index in [4.69, 9.17) is 5.11 Å². The van der Waals surface area contributed by atoms with Crippen LogP contribution in [-0.2, 0) is 11.2 Å². The minimum absolute atomic E-state index is 0.0689. The van der Waals surface area contributed by atoms with Gasteiger partial charge in [-0.25, -0.2) is 4.79 Å². The van der Waals surface area contributed by atoms with E-state index in [1.807, 2.05) is 0 Å². The number of piperidine rings is 1. The molecule has 1 saturated heterocycles. The van der Waals surface area contributed by atoms with Gasteiger partial charge in [-0.05, 0) is 60.9 Å². The molecule has 0 aromatic heterocycles. The average molecular weight is 465 g/mol. The van der Waals surface area contributed by atoms with Crippen molar-refractivity contribution in [3.05, 3.63) is 59.2 Å². The SMILES string of the molecule is O=C(Cc1ccc(C(=O)O)c(O)c1)NC(CC1CCCCC1)c1ccccc1N1CCCCC1. The highest BCUT2D eigenvalue weighted by atomic mass is 16.4. The Balaban J connectivity index is 1.54. The molecule has 1 amide bonds. The summed E-state index contributed by atoms with van der Waals surface area (Å²) < 4.78 is 0. The van der Waals surface area contributed by atoms with Crippen LogP contribution >= 0.6 is 0 Å². The van der Waals surface area contributed by atoms with E-state index in [0.29, 0.717) is 11.5 Å². The molecule has 2 aliphatic rings. The zero-order valence-electron chi connectivity index (χ0n) is 19.8. The van der Waals surface area contributed by atoms with Gasteiger partial charge < -0.3 is 20.4 Å². The van der Waals surface area contributed by atoms with Crippen LogP contribution in [0.4, 0.5) is 5.69 Å². The van der Waals surface area contributed by atoms with Crippen LogP contribution in [-0.4, -0.2) is 35.2 Å². The van der Waals surface area contributed by atoms with Crippen LogP contribution in [0, 0.1) is 5.92 Å². The summed E-state index contributed by atoms with van der Waals surface area (Å²) in [5.74, 6) is -1.01. The Labute approximate surface area is 202 Å². The first kappa shape index (κ1) is 24.1. The summed E-state index contributed by atoms with van der Waals surface area (Å²) in [4.78, 5) is 26.8. The lowest BCUT2D eigenvalue weighted by Crippen LogP contribution is -2.35. The number of hydrogen-bond donors (Lipinski definition) is 3. The van der Waals surface area contributed by atoms with Crippen molar-refractivity contribution >= 4 is 17.6 Å². The molecule has 0 bridgehead atoms. The lowest BCUT2D eigenvalue weighted by Gasteiger charge is -2.34. The van der Waals surface area contributed by atoms with Gasteiger partial charge in [0.25, 0.3) is 0 Å². The number of benzene rings is 2. The number of aromatic carboxylic acids is 1. The molecule has 1 saturated carbocycles. The van der Waals surface area contributed by atoms with E-state index in [2.05, 4.69) is 34.5 Å². The number of amides is 1. The van der Waals surface area contributed by atoms with Crippen molar-refractivity contribution in [1.29, 1.82) is 0 Å². The molecule has 2 aromatic carbocycles. The molecule has 2 aromatic rings. The minimum atomic E-state index is -1.18. The lowest BCUT2D eigenvalue weighted by molar-refractivity contribution is -0.121. The van der Waals surface area contributed by atoms with Crippen molar-refractivity contribution in [2.24, 2.45) is 5.92 Å². The number of hydrogen-bond acceptors (Lipinski definition) is 4. The third-order valence-corrected chi connectivity index (χ3v) is 7.30. The summed E-state index contributed by atoms with van der Waals surface area (Å²) in [6.45, 7) is 2.10. The molecule has 6 heteroatoms. The highest BCUT2D eigenvalue weighted by Crippen LogP contribution is 2.36. The molecule has 4 rings (SSSR count). The molecular formula is C28H36N2O4. The van der Waals surface area contributed by atoms with E-state index >= 15 is 0 Å². The molecule has 1 atom stereocenters. The van der Waals surface area contributed by atoms with Crippen molar-refractivity contribution in [2.45, 2.75) is 70.3 Å². The Morgan fingerprint density at radius 3 is 2.38 bits per heavy atom. The Bertz CT molecular complexity index is 994. The maximum atomic E-state index is 13.1. The Morgan fingerprint density at radius 1 is 0.971 bits per heavy atom. The van der Waals surface area contributed by atoms with Gasteiger partial charge in [0.15, 0.2) is 0 Å². The second-order valence-electron chi connectivity index (χ2n) is 9.80. The maximum Gasteiger partial charge on any atom is 0.339 e. The summed E-state index contributed by atoms with van der Waals surface area (Å²) >= 11 is 0. The van der Waals surface area contributed by atoms with Crippen molar-refractivity contribution in [3.8, 4) is 5.75 Å². The number of carboxylic acid groups (broad SMARTS) is 1. The summed E-state index contributed by atoms with van der Waals surface area (Å²) in [7, 11) is 0. The Morgan fingerprint density at radius 2 is 1.68 bits per heavy atom. The third kappa shape index (κ3) is 6.10. The number of carboxylic acids is 1. The van der Waals surface area contributed by atoms with Crippen LogP contribution in [0.2, 0.25) is 0 Å². The monoisotopic (exact) mass is 464 g/mol. The fourth-order valence-electron chi connectivity index (χ4n) is 5.52. The van der Waals surface area contributed by atoms with Gasteiger partial charge in [0.1, 0.15) is 11.3 Å². The van der Waals surface area contributed by atoms with Crippen molar-refractivity contribution < 1.29 is 19.8 Å². The number of carbonyl (C=O) groups is 2. The van der Waals surface area contributed by atoms with Crippen LogP contribution in [0.5, 0.6) is 5.75 Å². The third-order valence-electron chi connectivity index (χ3n) is 7.30. The van der Waals surface area contributed by atoms with E-state index in [-0.39, 0.29) is 29.7 Å². The molecule has 3 N–H and O–H groups in total. The molecule has 2 fully saturated rings. The highest BCUT2D eigenvalue weighted by Gasteiger charge is 2.26. The van der Waals surface area contributed by atoms with Crippen LogP contribution in [0.15, 0.2) is 42.5 Å². The second kappa shape index (κ2) is 11.4. The smallest absolute Gasteiger partial charge is 0.339 e. The number of phenols is 1. The van der Waals surface area contributed by atoms with Crippen LogP contribution in [0.1, 0.15) is 85.3 Å². The number of nitrogens with zero attached hydrogens (tertiary/aromatic N) is 1. The number of carbonyl (C=O) groups excluding carboxylic acids is 1. The summed E-state index contributed by atoms with van der Waals surface area (Å²) in [5, 5.41) is 22.4. The standard InChI is InChI=1S/C28H36N2O4/c31-26-18-21(13-14-23(26)28(33)34)19-27(32)29-24(17-20-9-3-1-4-10-20)22-11-5-6-12-25(22)30-15-7-2-8-16-30/h5-6,11-14,18,20,24,31H,1-4,7-10,15-17,19H2,(H,29,32)(H,33,34). The van der Waals surface area contributed by atoms with Gasteiger partial charge in [-0.3, -0.25) is 4.79 Å². The molecule has 6 nitrogen and oxygen atoms in total. The first-order valence-electron chi connectivity index (χ1n) is 12.7. The van der Waals surface area contributed by atoms with E-state index < -0.39 is 5.97 Å². The number of aromatic hydroxyl groups is 1. The molecule has 1 aliphatic heterocycles. The number of para-hydroxylation sites is 1. The van der Waals surface area contributed by atoms with Gasteiger partial charge in [-0.2, -0.15) is 0 Å². The molecular weight excluding hydrogens is 428 g/mol. The number of anilines is 1.